The van der Waals surface area contributed by atoms with Gasteiger partial charge >= 0.3 is 0 Å². The summed E-state index contributed by atoms with van der Waals surface area (Å²) in [5, 5.41) is 3.51. The maximum Gasteiger partial charge on any atom is 0.0449 e. The Morgan fingerprint density at radius 1 is 1.14 bits per heavy atom. The average Bonchev–Trinajstić information content (AvgIpc) is 2.54. The zero-order chi connectivity index (χ0) is 15.3. The molecule has 0 spiro atoms. The van der Waals surface area contributed by atoms with Gasteiger partial charge < -0.3 is 10.2 Å². The Labute approximate surface area is 130 Å². The SMILES string of the molecule is CCC1(CC)CCN(CC(NC)c2ccccc2C)CC1. The summed E-state index contributed by atoms with van der Waals surface area (Å²) < 4.78 is 0. The van der Waals surface area contributed by atoms with Crippen LogP contribution < -0.4 is 5.32 Å². The number of nitrogens with zero attached hydrogens (tertiary/aromatic N) is 1. The Kier molecular flexibility index (Phi) is 5.83. The van der Waals surface area contributed by atoms with Gasteiger partial charge in [0.2, 0.25) is 0 Å². The zero-order valence-corrected chi connectivity index (χ0v) is 14.3. The number of likely N-dealkylation sites (N-methyl/N-ethyl adjacent to an activating group) is 1. The quantitative estimate of drug-likeness (QED) is 0.845. The number of nitrogens with one attached hydrogen (secondary N) is 1. The topological polar surface area (TPSA) is 15.3 Å². The minimum Gasteiger partial charge on any atom is -0.312 e. The fourth-order valence-corrected chi connectivity index (χ4v) is 3.75. The van der Waals surface area contributed by atoms with Crippen molar-refractivity contribution in [3.8, 4) is 0 Å². The molecule has 2 rings (SSSR count). The Hall–Kier alpha value is -0.860. The van der Waals surface area contributed by atoms with E-state index in [-0.39, 0.29) is 0 Å². The first-order chi connectivity index (χ1) is 10.1. The van der Waals surface area contributed by atoms with Crippen LogP contribution in [0.4, 0.5) is 0 Å². The molecule has 1 N–H and O–H groups in total. The Morgan fingerprint density at radius 3 is 2.29 bits per heavy atom. The monoisotopic (exact) mass is 288 g/mol. The van der Waals surface area contributed by atoms with Gasteiger partial charge in [0.05, 0.1) is 0 Å². The first kappa shape index (κ1) is 16.5. The molecular weight excluding hydrogens is 256 g/mol. The van der Waals surface area contributed by atoms with Crippen LogP contribution in [0.1, 0.15) is 56.7 Å². The van der Waals surface area contributed by atoms with Gasteiger partial charge in [0.1, 0.15) is 0 Å². The molecule has 1 atom stereocenters. The molecule has 0 radical (unpaired) electrons. The maximum atomic E-state index is 3.51. The molecule has 0 bridgehead atoms. The van der Waals surface area contributed by atoms with Crippen LogP contribution in [0.5, 0.6) is 0 Å². The lowest BCUT2D eigenvalue weighted by molar-refractivity contribution is 0.0890. The van der Waals surface area contributed by atoms with E-state index in [1.165, 1.54) is 49.9 Å². The van der Waals surface area contributed by atoms with E-state index in [0.717, 1.165) is 6.54 Å². The summed E-state index contributed by atoms with van der Waals surface area (Å²) in [5.74, 6) is 0. The summed E-state index contributed by atoms with van der Waals surface area (Å²) in [6.45, 7) is 10.6. The van der Waals surface area contributed by atoms with Gasteiger partial charge in [-0.25, -0.2) is 0 Å². The highest BCUT2D eigenvalue weighted by molar-refractivity contribution is 5.29. The minimum atomic E-state index is 0.446. The molecule has 1 heterocycles. The molecule has 0 aliphatic carbocycles. The Bertz CT molecular complexity index is 427. The number of likely N-dealkylation sites (tertiary alicyclic amines) is 1. The van der Waals surface area contributed by atoms with Gasteiger partial charge in [-0.1, -0.05) is 51.0 Å². The average molecular weight is 288 g/mol. The summed E-state index contributed by atoms with van der Waals surface area (Å²) in [7, 11) is 2.09. The first-order valence-corrected chi connectivity index (χ1v) is 8.59. The van der Waals surface area contributed by atoms with Gasteiger partial charge in [-0.15, -0.1) is 0 Å². The number of piperidine rings is 1. The fourth-order valence-electron chi connectivity index (χ4n) is 3.75. The van der Waals surface area contributed by atoms with Crippen molar-refractivity contribution in [2.24, 2.45) is 5.41 Å². The molecule has 1 aliphatic heterocycles. The van der Waals surface area contributed by atoms with E-state index in [1.807, 2.05) is 0 Å². The standard InChI is InChI=1S/C19H32N2/c1-5-19(6-2)11-13-21(14-12-19)15-18(20-4)17-10-8-7-9-16(17)3/h7-10,18,20H,5-6,11-15H2,1-4H3. The number of rotatable bonds is 6. The fraction of sp³-hybridized carbons (Fsp3) is 0.684. The van der Waals surface area contributed by atoms with E-state index in [4.69, 9.17) is 0 Å². The highest BCUT2D eigenvalue weighted by Crippen LogP contribution is 2.38. The van der Waals surface area contributed by atoms with Crippen LogP contribution >= 0.6 is 0 Å². The maximum absolute atomic E-state index is 3.51. The van der Waals surface area contributed by atoms with Gasteiger partial charge in [0, 0.05) is 12.6 Å². The molecule has 1 unspecified atom stereocenters. The van der Waals surface area contributed by atoms with E-state index in [2.05, 4.69) is 62.3 Å². The number of aryl methyl sites for hydroxylation is 1. The van der Waals surface area contributed by atoms with Gasteiger partial charge in [-0.3, -0.25) is 0 Å². The largest absolute Gasteiger partial charge is 0.312 e. The number of hydrogen-bond acceptors (Lipinski definition) is 2. The molecule has 1 saturated heterocycles. The van der Waals surface area contributed by atoms with Crippen LogP contribution in [-0.2, 0) is 0 Å². The van der Waals surface area contributed by atoms with Crippen LogP contribution in [0.3, 0.4) is 0 Å². The number of benzene rings is 1. The van der Waals surface area contributed by atoms with E-state index in [0.29, 0.717) is 11.5 Å². The third-order valence-corrected chi connectivity index (χ3v) is 5.77. The second-order valence-corrected chi connectivity index (χ2v) is 6.71. The van der Waals surface area contributed by atoms with Crippen molar-refractivity contribution < 1.29 is 0 Å². The number of hydrogen-bond donors (Lipinski definition) is 1. The van der Waals surface area contributed by atoms with Gasteiger partial charge in [-0.2, -0.15) is 0 Å². The van der Waals surface area contributed by atoms with Crippen molar-refractivity contribution in [2.45, 2.75) is 52.5 Å². The van der Waals surface area contributed by atoms with Crippen LogP contribution in [0.25, 0.3) is 0 Å². The summed E-state index contributed by atoms with van der Waals surface area (Å²) in [4.78, 5) is 2.65. The van der Waals surface area contributed by atoms with E-state index >= 15 is 0 Å². The van der Waals surface area contributed by atoms with Gasteiger partial charge in [0.15, 0.2) is 0 Å². The van der Waals surface area contributed by atoms with Crippen molar-refractivity contribution in [3.05, 3.63) is 35.4 Å². The second-order valence-electron chi connectivity index (χ2n) is 6.71. The lowest BCUT2D eigenvalue weighted by atomic mass is 9.74. The van der Waals surface area contributed by atoms with Crippen molar-refractivity contribution >= 4 is 0 Å². The second kappa shape index (κ2) is 7.42. The summed E-state index contributed by atoms with van der Waals surface area (Å²) >= 11 is 0. The van der Waals surface area contributed by atoms with E-state index in [1.54, 1.807) is 0 Å². The summed E-state index contributed by atoms with van der Waals surface area (Å²) in [6.07, 6.45) is 5.41. The van der Waals surface area contributed by atoms with Crippen LogP contribution in [0.15, 0.2) is 24.3 Å². The van der Waals surface area contributed by atoms with Crippen LogP contribution in [0, 0.1) is 12.3 Å². The molecular formula is C19H32N2. The third kappa shape index (κ3) is 3.87. The van der Waals surface area contributed by atoms with E-state index in [9.17, 15) is 0 Å². The van der Waals surface area contributed by atoms with Gasteiger partial charge in [-0.05, 0) is 56.4 Å². The predicted octanol–water partition coefficient (Wildman–Crippen LogP) is 4.16. The Balaban J connectivity index is 1.97. The van der Waals surface area contributed by atoms with Crippen molar-refractivity contribution in [1.82, 2.24) is 10.2 Å². The van der Waals surface area contributed by atoms with E-state index < -0.39 is 0 Å². The molecule has 1 fully saturated rings. The normalized spacial score (nSPS) is 20.4. The van der Waals surface area contributed by atoms with Crippen molar-refractivity contribution in [1.29, 1.82) is 0 Å². The smallest absolute Gasteiger partial charge is 0.0449 e. The highest BCUT2D eigenvalue weighted by atomic mass is 15.2. The van der Waals surface area contributed by atoms with Crippen molar-refractivity contribution in [3.63, 3.8) is 0 Å². The first-order valence-electron chi connectivity index (χ1n) is 8.59. The molecule has 2 heteroatoms. The molecule has 1 aliphatic rings. The summed E-state index contributed by atoms with van der Waals surface area (Å²) in [5.41, 5.74) is 3.46. The molecule has 1 aromatic carbocycles. The molecule has 0 aromatic heterocycles. The van der Waals surface area contributed by atoms with Crippen LogP contribution in [0.2, 0.25) is 0 Å². The molecule has 2 nitrogen and oxygen atoms in total. The lowest BCUT2D eigenvalue weighted by Crippen LogP contribution is -2.43. The van der Waals surface area contributed by atoms with Crippen molar-refractivity contribution in [2.75, 3.05) is 26.7 Å². The minimum absolute atomic E-state index is 0.446. The highest BCUT2D eigenvalue weighted by Gasteiger charge is 2.31. The lowest BCUT2D eigenvalue weighted by Gasteiger charge is -2.42. The molecule has 118 valence electrons. The molecule has 1 aromatic rings. The van der Waals surface area contributed by atoms with Crippen LogP contribution in [-0.4, -0.2) is 31.6 Å². The Morgan fingerprint density at radius 2 is 1.76 bits per heavy atom. The summed E-state index contributed by atoms with van der Waals surface area (Å²) in [6, 6.07) is 9.21. The zero-order valence-electron chi connectivity index (χ0n) is 14.3. The predicted molar refractivity (Wildman–Crippen MR) is 91.7 cm³/mol. The van der Waals surface area contributed by atoms with Gasteiger partial charge in [0.25, 0.3) is 0 Å². The molecule has 0 saturated carbocycles. The molecule has 21 heavy (non-hydrogen) atoms. The third-order valence-electron chi connectivity index (χ3n) is 5.77. The molecule has 0 amide bonds.